The predicted molar refractivity (Wildman–Crippen MR) is 55.9 cm³/mol. The summed E-state index contributed by atoms with van der Waals surface area (Å²) in [4.78, 5) is 0. The van der Waals surface area contributed by atoms with E-state index in [1.165, 1.54) is 32.4 Å². The molecule has 0 radical (unpaired) electrons. The maximum absolute atomic E-state index is 5.70. The zero-order valence-electron chi connectivity index (χ0n) is 9.01. The van der Waals surface area contributed by atoms with Gasteiger partial charge in [-0.3, -0.25) is 0 Å². The number of rotatable bonds is 5. The summed E-state index contributed by atoms with van der Waals surface area (Å²) in [5.74, 6) is 1.53. The van der Waals surface area contributed by atoms with Crippen LogP contribution in [0.25, 0.3) is 0 Å². The lowest BCUT2D eigenvalue weighted by Crippen LogP contribution is -2.30. The largest absolute Gasteiger partial charge is 0.381 e. The fourth-order valence-electron chi connectivity index (χ4n) is 1.60. The smallest absolute Gasteiger partial charge is 0.0495 e. The minimum atomic E-state index is 0.724. The Morgan fingerprint density at radius 2 is 2.08 bits per heavy atom. The molecule has 2 nitrogen and oxygen atoms in total. The van der Waals surface area contributed by atoms with Crippen molar-refractivity contribution in [3.05, 3.63) is 0 Å². The third kappa shape index (κ3) is 4.63. The number of hydrogen-bond donors (Lipinski definition) is 1. The van der Waals surface area contributed by atoms with Crippen LogP contribution in [0.15, 0.2) is 0 Å². The van der Waals surface area contributed by atoms with Crippen molar-refractivity contribution in [2.75, 3.05) is 26.3 Å². The Kier molecular flexibility index (Phi) is 5.40. The zero-order valence-corrected chi connectivity index (χ0v) is 9.01. The highest BCUT2D eigenvalue weighted by atomic mass is 16.5. The van der Waals surface area contributed by atoms with Crippen molar-refractivity contribution in [2.24, 2.45) is 11.8 Å². The van der Waals surface area contributed by atoms with Gasteiger partial charge in [0.1, 0.15) is 0 Å². The number of ether oxygens (including phenoxy) is 1. The lowest BCUT2D eigenvalue weighted by atomic mass is 9.99. The molecule has 0 bridgehead atoms. The third-order valence-corrected chi connectivity index (χ3v) is 2.91. The first-order valence-corrected chi connectivity index (χ1v) is 5.61. The SMILES string of the molecule is CCC(C)COCC1CCNCC1. The van der Waals surface area contributed by atoms with Crippen LogP contribution < -0.4 is 5.32 Å². The van der Waals surface area contributed by atoms with Crippen LogP contribution in [-0.4, -0.2) is 26.3 Å². The van der Waals surface area contributed by atoms with Gasteiger partial charge in [-0.25, -0.2) is 0 Å². The normalized spacial score (nSPS) is 21.7. The first-order chi connectivity index (χ1) is 6.33. The van der Waals surface area contributed by atoms with E-state index in [2.05, 4.69) is 19.2 Å². The molecule has 1 N–H and O–H groups in total. The quantitative estimate of drug-likeness (QED) is 0.708. The van der Waals surface area contributed by atoms with Gasteiger partial charge in [-0.2, -0.15) is 0 Å². The lowest BCUT2D eigenvalue weighted by Gasteiger charge is -2.22. The van der Waals surface area contributed by atoms with Crippen molar-refractivity contribution in [3.8, 4) is 0 Å². The van der Waals surface area contributed by atoms with E-state index in [9.17, 15) is 0 Å². The first-order valence-electron chi connectivity index (χ1n) is 5.61. The van der Waals surface area contributed by atoms with Crippen molar-refractivity contribution in [2.45, 2.75) is 33.1 Å². The van der Waals surface area contributed by atoms with Gasteiger partial charge in [-0.1, -0.05) is 20.3 Å². The van der Waals surface area contributed by atoms with Crippen molar-refractivity contribution < 1.29 is 4.74 Å². The monoisotopic (exact) mass is 185 g/mol. The molecule has 78 valence electrons. The highest BCUT2D eigenvalue weighted by Crippen LogP contribution is 2.12. The van der Waals surface area contributed by atoms with E-state index in [-0.39, 0.29) is 0 Å². The van der Waals surface area contributed by atoms with Gasteiger partial charge < -0.3 is 10.1 Å². The van der Waals surface area contributed by atoms with Crippen LogP contribution in [-0.2, 0) is 4.74 Å². The summed E-state index contributed by atoms with van der Waals surface area (Å²) in [5, 5.41) is 3.37. The van der Waals surface area contributed by atoms with Gasteiger partial charge in [-0.05, 0) is 37.8 Å². The zero-order chi connectivity index (χ0) is 9.52. The summed E-state index contributed by atoms with van der Waals surface area (Å²) >= 11 is 0. The summed E-state index contributed by atoms with van der Waals surface area (Å²) in [6.45, 7) is 8.75. The maximum atomic E-state index is 5.70. The minimum absolute atomic E-state index is 0.724. The highest BCUT2D eigenvalue weighted by molar-refractivity contribution is 4.67. The molecular formula is C11H23NO. The van der Waals surface area contributed by atoms with E-state index in [0.29, 0.717) is 0 Å². The van der Waals surface area contributed by atoms with Crippen molar-refractivity contribution in [1.29, 1.82) is 0 Å². The molecular weight excluding hydrogens is 162 g/mol. The highest BCUT2D eigenvalue weighted by Gasteiger charge is 2.12. The van der Waals surface area contributed by atoms with E-state index in [1.807, 2.05) is 0 Å². The van der Waals surface area contributed by atoms with E-state index in [0.717, 1.165) is 25.0 Å². The Morgan fingerprint density at radius 3 is 2.69 bits per heavy atom. The fourth-order valence-corrected chi connectivity index (χ4v) is 1.60. The third-order valence-electron chi connectivity index (χ3n) is 2.91. The van der Waals surface area contributed by atoms with E-state index in [1.54, 1.807) is 0 Å². The molecule has 2 heteroatoms. The Hall–Kier alpha value is -0.0800. The topological polar surface area (TPSA) is 21.3 Å². The number of nitrogens with one attached hydrogen (secondary N) is 1. The Labute approximate surface area is 82.0 Å². The molecule has 0 saturated carbocycles. The molecule has 1 aliphatic heterocycles. The molecule has 0 aromatic rings. The van der Waals surface area contributed by atoms with Gasteiger partial charge in [0.2, 0.25) is 0 Å². The second kappa shape index (κ2) is 6.39. The maximum Gasteiger partial charge on any atom is 0.0495 e. The second-order valence-corrected chi connectivity index (χ2v) is 4.24. The Balaban J connectivity index is 1.98. The molecule has 1 heterocycles. The lowest BCUT2D eigenvalue weighted by molar-refractivity contribution is 0.0654. The molecule has 1 unspecified atom stereocenters. The van der Waals surface area contributed by atoms with Crippen LogP contribution in [0.5, 0.6) is 0 Å². The van der Waals surface area contributed by atoms with Gasteiger partial charge in [-0.15, -0.1) is 0 Å². The van der Waals surface area contributed by atoms with Gasteiger partial charge >= 0.3 is 0 Å². The van der Waals surface area contributed by atoms with Crippen LogP contribution >= 0.6 is 0 Å². The standard InChI is InChI=1S/C11H23NO/c1-3-10(2)8-13-9-11-4-6-12-7-5-11/h10-12H,3-9H2,1-2H3. The van der Waals surface area contributed by atoms with E-state index < -0.39 is 0 Å². The molecule has 0 aliphatic carbocycles. The van der Waals surface area contributed by atoms with Crippen LogP contribution in [0.4, 0.5) is 0 Å². The number of hydrogen-bond acceptors (Lipinski definition) is 2. The van der Waals surface area contributed by atoms with Crippen LogP contribution in [0.1, 0.15) is 33.1 Å². The van der Waals surface area contributed by atoms with Gasteiger partial charge in [0.05, 0.1) is 0 Å². The second-order valence-electron chi connectivity index (χ2n) is 4.24. The molecule has 1 aliphatic rings. The van der Waals surface area contributed by atoms with Gasteiger partial charge in [0, 0.05) is 13.2 Å². The predicted octanol–water partition coefficient (Wildman–Crippen LogP) is 2.05. The van der Waals surface area contributed by atoms with E-state index in [4.69, 9.17) is 4.74 Å². The molecule has 0 spiro atoms. The first kappa shape index (κ1) is 11.0. The number of piperidine rings is 1. The van der Waals surface area contributed by atoms with Crippen molar-refractivity contribution in [1.82, 2.24) is 5.32 Å². The molecule has 1 rings (SSSR count). The van der Waals surface area contributed by atoms with Gasteiger partial charge in [0.25, 0.3) is 0 Å². The van der Waals surface area contributed by atoms with Crippen LogP contribution in [0.3, 0.4) is 0 Å². The molecule has 13 heavy (non-hydrogen) atoms. The molecule has 0 aromatic heterocycles. The average Bonchev–Trinajstić information content (AvgIpc) is 2.19. The fraction of sp³-hybridized carbons (Fsp3) is 1.00. The van der Waals surface area contributed by atoms with Crippen LogP contribution in [0.2, 0.25) is 0 Å². The van der Waals surface area contributed by atoms with Gasteiger partial charge in [0.15, 0.2) is 0 Å². The molecule has 0 aromatic carbocycles. The molecule has 1 atom stereocenters. The summed E-state index contributed by atoms with van der Waals surface area (Å²) in [7, 11) is 0. The summed E-state index contributed by atoms with van der Waals surface area (Å²) < 4.78 is 5.70. The van der Waals surface area contributed by atoms with Crippen molar-refractivity contribution >= 4 is 0 Å². The minimum Gasteiger partial charge on any atom is -0.381 e. The molecule has 0 amide bonds. The summed E-state index contributed by atoms with van der Waals surface area (Å²) in [6.07, 6.45) is 3.81. The molecule has 1 saturated heterocycles. The van der Waals surface area contributed by atoms with E-state index >= 15 is 0 Å². The average molecular weight is 185 g/mol. The summed E-state index contributed by atoms with van der Waals surface area (Å²) in [5.41, 5.74) is 0. The molecule has 1 fully saturated rings. The van der Waals surface area contributed by atoms with Crippen LogP contribution in [0, 0.1) is 11.8 Å². The van der Waals surface area contributed by atoms with Crippen molar-refractivity contribution in [3.63, 3.8) is 0 Å². The summed E-state index contributed by atoms with van der Waals surface area (Å²) in [6, 6.07) is 0. The Bertz CT molecular complexity index is 121. The Morgan fingerprint density at radius 1 is 1.38 bits per heavy atom.